The minimum Gasteiger partial charge on any atom is -0.234 e. The lowest BCUT2D eigenvalue weighted by atomic mass is 10.1. The van der Waals surface area contributed by atoms with Gasteiger partial charge in [-0.2, -0.15) is 4.40 Å². The number of rotatable bonds is 2. The zero-order valence-corrected chi connectivity index (χ0v) is 10.8. The normalized spacial score (nSPS) is 14.9. The van der Waals surface area contributed by atoms with E-state index >= 15 is 0 Å². The molecule has 16 heavy (non-hydrogen) atoms. The maximum atomic E-state index is 13.0. The van der Waals surface area contributed by atoms with Crippen LogP contribution in [0.1, 0.15) is 33.3 Å². The van der Waals surface area contributed by atoms with Crippen molar-refractivity contribution in [2.24, 2.45) is 4.40 Å². The second kappa shape index (κ2) is 4.87. The van der Waals surface area contributed by atoms with Gasteiger partial charge in [0.05, 0.1) is 10.5 Å². The Bertz CT molecular complexity index is 435. The van der Waals surface area contributed by atoms with Crippen LogP contribution in [0.3, 0.4) is 0 Å². The SMILES string of the molecule is CC(=N[S@](=O)C(C)(C)C)c1cccc(F)c1. The van der Waals surface area contributed by atoms with E-state index in [0.717, 1.165) is 0 Å². The standard InChI is InChI=1S/C12H16FNOS/c1-9(14-16(15)12(2,3)4)10-6-5-7-11(13)8-10/h5-8H,1-4H3/t16-/m1/s1. The molecule has 1 atom stereocenters. The quantitative estimate of drug-likeness (QED) is 0.732. The van der Waals surface area contributed by atoms with Crippen LogP contribution in [0, 0.1) is 5.82 Å². The molecule has 1 aromatic carbocycles. The molecule has 0 amide bonds. The molecule has 1 aromatic rings. The maximum absolute atomic E-state index is 13.0. The first kappa shape index (κ1) is 13.0. The van der Waals surface area contributed by atoms with E-state index in [1.807, 2.05) is 20.8 Å². The molecule has 4 heteroatoms. The Hall–Kier alpha value is -1.03. The van der Waals surface area contributed by atoms with Crippen molar-refractivity contribution in [2.45, 2.75) is 32.4 Å². The van der Waals surface area contributed by atoms with Crippen LogP contribution in [0.25, 0.3) is 0 Å². The number of halogens is 1. The maximum Gasteiger partial charge on any atom is 0.145 e. The highest BCUT2D eigenvalue weighted by Crippen LogP contribution is 2.14. The van der Waals surface area contributed by atoms with Crippen molar-refractivity contribution in [3.05, 3.63) is 35.6 Å². The molecule has 0 N–H and O–H groups in total. The molecule has 2 nitrogen and oxygen atoms in total. The molecule has 0 radical (unpaired) electrons. The first-order chi connectivity index (χ1) is 7.30. The van der Waals surface area contributed by atoms with Crippen LogP contribution in [0.5, 0.6) is 0 Å². The van der Waals surface area contributed by atoms with Crippen molar-refractivity contribution in [3.63, 3.8) is 0 Å². The van der Waals surface area contributed by atoms with Gasteiger partial charge in [0.25, 0.3) is 0 Å². The van der Waals surface area contributed by atoms with E-state index in [1.165, 1.54) is 12.1 Å². The van der Waals surface area contributed by atoms with Gasteiger partial charge in [0.2, 0.25) is 0 Å². The first-order valence-electron chi connectivity index (χ1n) is 5.04. The summed E-state index contributed by atoms with van der Waals surface area (Å²) in [5.41, 5.74) is 1.25. The van der Waals surface area contributed by atoms with Gasteiger partial charge >= 0.3 is 0 Å². The minimum atomic E-state index is -1.31. The minimum absolute atomic E-state index is 0.311. The highest BCUT2D eigenvalue weighted by molar-refractivity contribution is 7.85. The van der Waals surface area contributed by atoms with Crippen molar-refractivity contribution in [2.75, 3.05) is 0 Å². The molecule has 0 aliphatic heterocycles. The Morgan fingerprint density at radius 3 is 2.50 bits per heavy atom. The molecular formula is C12H16FNOS. The molecule has 0 bridgehead atoms. The van der Waals surface area contributed by atoms with Gasteiger partial charge in [-0.05, 0) is 45.4 Å². The molecule has 0 spiro atoms. The molecule has 0 unspecified atom stereocenters. The highest BCUT2D eigenvalue weighted by Gasteiger charge is 2.19. The lowest BCUT2D eigenvalue weighted by molar-refractivity contribution is 0.627. The van der Waals surface area contributed by atoms with E-state index in [4.69, 9.17) is 0 Å². The molecule has 0 aliphatic rings. The molecular weight excluding hydrogens is 225 g/mol. The monoisotopic (exact) mass is 241 g/mol. The van der Waals surface area contributed by atoms with Crippen LogP contribution in [-0.2, 0) is 11.0 Å². The molecule has 0 saturated heterocycles. The fraction of sp³-hybridized carbons (Fsp3) is 0.417. The van der Waals surface area contributed by atoms with Crippen LogP contribution >= 0.6 is 0 Å². The van der Waals surface area contributed by atoms with Gasteiger partial charge in [-0.15, -0.1) is 0 Å². The Balaban J connectivity index is 2.99. The zero-order valence-electron chi connectivity index (χ0n) is 9.95. The highest BCUT2D eigenvalue weighted by atomic mass is 32.2. The molecule has 0 aromatic heterocycles. The van der Waals surface area contributed by atoms with E-state index < -0.39 is 15.7 Å². The second-order valence-corrected chi connectivity index (χ2v) is 6.45. The number of hydrogen-bond donors (Lipinski definition) is 0. The predicted molar refractivity (Wildman–Crippen MR) is 66.5 cm³/mol. The summed E-state index contributed by atoms with van der Waals surface area (Å²) in [5.74, 6) is -0.311. The summed E-state index contributed by atoms with van der Waals surface area (Å²) in [6.45, 7) is 7.29. The third-order valence-electron chi connectivity index (χ3n) is 1.99. The van der Waals surface area contributed by atoms with Crippen LogP contribution < -0.4 is 0 Å². The van der Waals surface area contributed by atoms with Gasteiger partial charge in [-0.25, -0.2) is 8.60 Å². The van der Waals surface area contributed by atoms with Gasteiger partial charge in [-0.3, -0.25) is 0 Å². The van der Waals surface area contributed by atoms with Crippen LogP contribution in [0.2, 0.25) is 0 Å². The van der Waals surface area contributed by atoms with Gasteiger partial charge in [0, 0.05) is 0 Å². The predicted octanol–water partition coefficient (Wildman–Crippen LogP) is 3.10. The largest absolute Gasteiger partial charge is 0.234 e. The van der Waals surface area contributed by atoms with Crippen molar-refractivity contribution in [1.29, 1.82) is 0 Å². The topological polar surface area (TPSA) is 29.4 Å². The first-order valence-corrected chi connectivity index (χ1v) is 6.14. The second-order valence-electron chi connectivity index (χ2n) is 4.55. The smallest absolute Gasteiger partial charge is 0.145 e. The molecule has 0 fully saturated rings. The van der Waals surface area contributed by atoms with Crippen molar-refractivity contribution >= 4 is 16.7 Å². The molecule has 88 valence electrons. The Morgan fingerprint density at radius 2 is 2.00 bits per heavy atom. The number of benzene rings is 1. The van der Waals surface area contributed by atoms with Crippen LogP contribution in [0.15, 0.2) is 28.7 Å². The summed E-state index contributed by atoms with van der Waals surface area (Å²) in [6.07, 6.45) is 0. The molecule has 0 heterocycles. The average molecular weight is 241 g/mol. The van der Waals surface area contributed by atoms with E-state index in [2.05, 4.69) is 4.40 Å². The number of nitrogens with zero attached hydrogens (tertiary/aromatic N) is 1. The summed E-state index contributed by atoms with van der Waals surface area (Å²) in [7, 11) is -1.31. The van der Waals surface area contributed by atoms with Gasteiger partial charge in [0.15, 0.2) is 0 Å². The van der Waals surface area contributed by atoms with Crippen LogP contribution in [0.4, 0.5) is 4.39 Å². The summed E-state index contributed by atoms with van der Waals surface area (Å²) < 4.78 is 28.4. The number of hydrogen-bond acceptors (Lipinski definition) is 1. The summed E-state index contributed by atoms with van der Waals surface area (Å²) in [5, 5.41) is 0. The lowest BCUT2D eigenvalue weighted by Gasteiger charge is -2.14. The summed E-state index contributed by atoms with van der Waals surface area (Å²) >= 11 is 0. The molecule has 1 rings (SSSR count). The molecule has 0 aliphatic carbocycles. The van der Waals surface area contributed by atoms with Crippen molar-refractivity contribution in [3.8, 4) is 0 Å². The van der Waals surface area contributed by atoms with Gasteiger partial charge in [0.1, 0.15) is 16.8 Å². The van der Waals surface area contributed by atoms with Gasteiger partial charge < -0.3 is 0 Å². The van der Waals surface area contributed by atoms with Crippen molar-refractivity contribution in [1.82, 2.24) is 0 Å². The van der Waals surface area contributed by atoms with E-state index in [-0.39, 0.29) is 5.82 Å². The van der Waals surface area contributed by atoms with Gasteiger partial charge in [-0.1, -0.05) is 12.1 Å². The third kappa shape index (κ3) is 3.52. The van der Waals surface area contributed by atoms with E-state index in [1.54, 1.807) is 19.1 Å². The lowest BCUT2D eigenvalue weighted by Crippen LogP contribution is -2.20. The summed E-state index contributed by atoms with van der Waals surface area (Å²) in [6, 6.07) is 6.13. The fourth-order valence-electron chi connectivity index (χ4n) is 1.03. The van der Waals surface area contributed by atoms with Crippen LogP contribution in [-0.4, -0.2) is 14.7 Å². The fourth-order valence-corrected chi connectivity index (χ4v) is 1.66. The Kier molecular flexibility index (Phi) is 3.97. The Labute approximate surface area is 98.2 Å². The third-order valence-corrected chi connectivity index (χ3v) is 3.47. The Morgan fingerprint density at radius 1 is 1.38 bits per heavy atom. The average Bonchev–Trinajstić information content (AvgIpc) is 2.16. The van der Waals surface area contributed by atoms with Crippen molar-refractivity contribution < 1.29 is 8.60 Å². The van der Waals surface area contributed by atoms with E-state index in [0.29, 0.717) is 11.3 Å². The van der Waals surface area contributed by atoms with E-state index in [9.17, 15) is 8.60 Å². The molecule has 0 saturated carbocycles. The zero-order chi connectivity index (χ0) is 12.3. The summed E-state index contributed by atoms with van der Waals surface area (Å²) in [4.78, 5) is 0.